The quantitative estimate of drug-likeness (QED) is 0.668. The Morgan fingerprint density at radius 3 is 2.41 bits per heavy atom. The second-order valence-corrected chi connectivity index (χ2v) is 7.82. The van der Waals surface area contributed by atoms with Crippen molar-refractivity contribution in [2.75, 3.05) is 44.9 Å². The Labute approximate surface area is 187 Å². The fourth-order valence-electron chi connectivity index (χ4n) is 4.12. The van der Waals surface area contributed by atoms with Crippen LogP contribution in [0.4, 0.5) is 5.69 Å². The van der Waals surface area contributed by atoms with E-state index in [1.54, 1.807) is 31.4 Å². The number of ether oxygens (including phenoxy) is 2. The molecular weight excluding hydrogens is 410 g/mol. The molecule has 1 N–H and O–H groups in total. The maximum atomic E-state index is 12.9. The van der Waals surface area contributed by atoms with Gasteiger partial charge in [0.25, 0.3) is 5.91 Å². The summed E-state index contributed by atoms with van der Waals surface area (Å²) in [5.74, 6) is 0.0536. The molecule has 2 aliphatic rings. The van der Waals surface area contributed by atoms with Gasteiger partial charge in [-0.3, -0.25) is 24.2 Å². The average molecular weight is 437 g/mol. The third kappa shape index (κ3) is 4.81. The molecule has 0 aliphatic carbocycles. The van der Waals surface area contributed by atoms with Crippen molar-refractivity contribution >= 4 is 23.4 Å². The number of morpholine rings is 1. The SMILES string of the molecule is COc1ccc(C(CNC(=O)c2cccc(N3C(=O)CCC3=O)c2)N2CCOCC2)cc1. The van der Waals surface area contributed by atoms with Crippen LogP contribution in [0.25, 0.3) is 0 Å². The number of rotatable bonds is 7. The van der Waals surface area contributed by atoms with Crippen LogP contribution in [0, 0.1) is 0 Å². The summed E-state index contributed by atoms with van der Waals surface area (Å²) in [6, 6.07) is 14.5. The van der Waals surface area contributed by atoms with Crippen LogP contribution in [-0.4, -0.2) is 62.6 Å². The monoisotopic (exact) mass is 437 g/mol. The van der Waals surface area contributed by atoms with E-state index < -0.39 is 0 Å². The van der Waals surface area contributed by atoms with Crippen LogP contribution >= 0.6 is 0 Å². The van der Waals surface area contributed by atoms with Gasteiger partial charge in [0.05, 0.1) is 32.1 Å². The van der Waals surface area contributed by atoms with Gasteiger partial charge in [-0.1, -0.05) is 18.2 Å². The maximum absolute atomic E-state index is 12.9. The lowest BCUT2D eigenvalue weighted by atomic mass is 10.0. The predicted octanol–water partition coefficient (Wildman–Crippen LogP) is 2.15. The van der Waals surface area contributed by atoms with E-state index in [2.05, 4.69) is 10.2 Å². The minimum atomic E-state index is -0.252. The van der Waals surface area contributed by atoms with Gasteiger partial charge in [0.1, 0.15) is 5.75 Å². The van der Waals surface area contributed by atoms with Gasteiger partial charge < -0.3 is 14.8 Å². The first-order valence-corrected chi connectivity index (χ1v) is 10.8. The second kappa shape index (κ2) is 9.93. The molecule has 0 radical (unpaired) electrons. The van der Waals surface area contributed by atoms with Crippen LogP contribution in [0.3, 0.4) is 0 Å². The Morgan fingerprint density at radius 2 is 1.75 bits per heavy atom. The van der Waals surface area contributed by atoms with E-state index in [0.717, 1.165) is 29.3 Å². The summed E-state index contributed by atoms with van der Waals surface area (Å²) in [6.45, 7) is 3.28. The molecule has 3 amide bonds. The average Bonchev–Trinajstić information content (AvgIpc) is 3.18. The van der Waals surface area contributed by atoms with Crippen LogP contribution in [0.15, 0.2) is 48.5 Å². The summed E-state index contributed by atoms with van der Waals surface area (Å²) < 4.78 is 10.8. The van der Waals surface area contributed by atoms with Crippen LogP contribution in [-0.2, 0) is 14.3 Å². The smallest absolute Gasteiger partial charge is 0.251 e. The van der Waals surface area contributed by atoms with Gasteiger partial charge in [0, 0.05) is 38.0 Å². The Balaban J connectivity index is 1.49. The van der Waals surface area contributed by atoms with E-state index in [1.807, 2.05) is 24.3 Å². The lowest BCUT2D eigenvalue weighted by molar-refractivity contribution is -0.121. The molecule has 2 aromatic carbocycles. The first-order chi connectivity index (χ1) is 15.6. The Bertz CT molecular complexity index is 969. The Morgan fingerprint density at radius 1 is 1.06 bits per heavy atom. The van der Waals surface area contributed by atoms with Crippen molar-refractivity contribution in [2.45, 2.75) is 18.9 Å². The van der Waals surface area contributed by atoms with Gasteiger partial charge >= 0.3 is 0 Å². The number of methoxy groups -OCH3 is 1. The van der Waals surface area contributed by atoms with Gasteiger partial charge in [-0.05, 0) is 35.9 Å². The predicted molar refractivity (Wildman–Crippen MR) is 119 cm³/mol. The highest BCUT2D eigenvalue weighted by Crippen LogP contribution is 2.25. The summed E-state index contributed by atoms with van der Waals surface area (Å²) >= 11 is 0. The number of hydrogen-bond donors (Lipinski definition) is 1. The van der Waals surface area contributed by atoms with Crippen molar-refractivity contribution < 1.29 is 23.9 Å². The zero-order valence-corrected chi connectivity index (χ0v) is 18.1. The number of carbonyl (C=O) groups is 3. The highest BCUT2D eigenvalue weighted by molar-refractivity contribution is 6.20. The number of carbonyl (C=O) groups excluding carboxylic acids is 3. The van der Waals surface area contributed by atoms with Crippen molar-refractivity contribution in [3.63, 3.8) is 0 Å². The number of imide groups is 1. The van der Waals surface area contributed by atoms with Crippen molar-refractivity contribution in [1.29, 1.82) is 0 Å². The molecule has 4 rings (SSSR count). The van der Waals surface area contributed by atoms with Crippen molar-refractivity contribution in [3.8, 4) is 5.75 Å². The molecule has 2 fully saturated rings. The molecule has 1 atom stereocenters. The summed E-state index contributed by atoms with van der Waals surface area (Å²) in [5, 5.41) is 3.02. The fourth-order valence-corrected chi connectivity index (χ4v) is 4.12. The largest absolute Gasteiger partial charge is 0.497 e. The Hall–Kier alpha value is -3.23. The number of anilines is 1. The van der Waals surface area contributed by atoms with Gasteiger partial charge in [-0.2, -0.15) is 0 Å². The molecule has 0 aromatic heterocycles. The molecule has 8 nitrogen and oxygen atoms in total. The van der Waals surface area contributed by atoms with Crippen molar-refractivity contribution in [1.82, 2.24) is 10.2 Å². The zero-order chi connectivity index (χ0) is 22.5. The molecule has 0 bridgehead atoms. The molecule has 32 heavy (non-hydrogen) atoms. The normalized spacial score (nSPS) is 18.0. The molecule has 168 valence electrons. The van der Waals surface area contributed by atoms with Crippen LogP contribution in [0.1, 0.15) is 34.8 Å². The number of hydrogen-bond acceptors (Lipinski definition) is 6. The topological polar surface area (TPSA) is 88.2 Å². The van der Waals surface area contributed by atoms with Gasteiger partial charge in [-0.25, -0.2) is 0 Å². The third-order valence-electron chi connectivity index (χ3n) is 5.86. The minimum Gasteiger partial charge on any atom is -0.497 e. The van der Waals surface area contributed by atoms with Crippen molar-refractivity contribution in [3.05, 3.63) is 59.7 Å². The van der Waals surface area contributed by atoms with Gasteiger partial charge in [0.2, 0.25) is 11.8 Å². The number of nitrogens with one attached hydrogen (secondary N) is 1. The number of amides is 3. The van der Waals surface area contributed by atoms with Gasteiger partial charge in [-0.15, -0.1) is 0 Å². The molecule has 2 saturated heterocycles. The highest BCUT2D eigenvalue weighted by atomic mass is 16.5. The summed E-state index contributed by atoms with van der Waals surface area (Å²) in [6.07, 6.45) is 0.413. The van der Waals surface area contributed by atoms with E-state index in [-0.39, 0.29) is 36.6 Å². The number of nitrogens with zero attached hydrogens (tertiary/aromatic N) is 2. The first kappa shape index (κ1) is 22.0. The van der Waals surface area contributed by atoms with E-state index in [4.69, 9.17) is 9.47 Å². The van der Waals surface area contributed by atoms with E-state index >= 15 is 0 Å². The fraction of sp³-hybridized carbons (Fsp3) is 0.375. The van der Waals surface area contributed by atoms with E-state index in [1.165, 1.54) is 0 Å². The molecule has 0 saturated carbocycles. The standard InChI is InChI=1S/C24H27N3O5/c1-31-20-7-5-17(6-8-20)21(26-11-13-32-14-12-26)16-25-24(30)18-3-2-4-19(15-18)27-22(28)9-10-23(27)29/h2-8,15,21H,9-14,16H2,1H3,(H,25,30). The molecular formula is C24H27N3O5. The molecule has 2 heterocycles. The summed E-state index contributed by atoms with van der Waals surface area (Å²) in [7, 11) is 1.63. The minimum absolute atomic E-state index is 0.0151. The molecule has 8 heteroatoms. The summed E-state index contributed by atoms with van der Waals surface area (Å²) in [4.78, 5) is 40.5. The number of benzene rings is 2. The molecule has 2 aliphatic heterocycles. The van der Waals surface area contributed by atoms with Crippen LogP contribution in [0.5, 0.6) is 5.75 Å². The molecule has 1 unspecified atom stereocenters. The zero-order valence-electron chi connectivity index (χ0n) is 18.1. The van der Waals surface area contributed by atoms with E-state index in [9.17, 15) is 14.4 Å². The third-order valence-corrected chi connectivity index (χ3v) is 5.86. The molecule has 0 spiro atoms. The Kier molecular flexibility index (Phi) is 6.82. The second-order valence-electron chi connectivity index (χ2n) is 7.82. The first-order valence-electron chi connectivity index (χ1n) is 10.8. The highest BCUT2D eigenvalue weighted by Gasteiger charge is 2.30. The van der Waals surface area contributed by atoms with E-state index in [0.29, 0.717) is 31.0 Å². The van der Waals surface area contributed by atoms with Crippen molar-refractivity contribution in [2.24, 2.45) is 0 Å². The summed E-state index contributed by atoms with van der Waals surface area (Å²) in [5.41, 5.74) is 1.92. The molecule has 2 aromatic rings. The van der Waals surface area contributed by atoms with Crippen LogP contribution < -0.4 is 15.0 Å². The maximum Gasteiger partial charge on any atom is 0.251 e. The lowest BCUT2D eigenvalue weighted by Crippen LogP contribution is -2.43. The van der Waals surface area contributed by atoms with Crippen LogP contribution in [0.2, 0.25) is 0 Å². The lowest BCUT2D eigenvalue weighted by Gasteiger charge is -2.35. The van der Waals surface area contributed by atoms with Gasteiger partial charge in [0.15, 0.2) is 0 Å².